The summed E-state index contributed by atoms with van der Waals surface area (Å²) in [5, 5.41) is 26.0. The van der Waals surface area contributed by atoms with Crippen LogP contribution in [0.1, 0.15) is 24.0 Å². The van der Waals surface area contributed by atoms with E-state index in [2.05, 4.69) is 10.6 Å². The molecule has 0 radical (unpaired) electrons. The van der Waals surface area contributed by atoms with Gasteiger partial charge >= 0.3 is 6.03 Å². The number of para-hydroxylation sites is 1. The summed E-state index contributed by atoms with van der Waals surface area (Å²) >= 11 is 0. The second-order valence-corrected chi connectivity index (χ2v) is 8.27. The summed E-state index contributed by atoms with van der Waals surface area (Å²) in [6.07, 6.45) is -0.315. The van der Waals surface area contributed by atoms with E-state index < -0.39 is 41.9 Å². The van der Waals surface area contributed by atoms with Crippen LogP contribution in [0.5, 0.6) is 5.75 Å². The van der Waals surface area contributed by atoms with E-state index in [9.17, 15) is 19.1 Å². The zero-order valence-corrected chi connectivity index (χ0v) is 18.8. The van der Waals surface area contributed by atoms with Crippen molar-refractivity contribution < 1.29 is 28.9 Å². The van der Waals surface area contributed by atoms with Gasteiger partial charge in [0.2, 0.25) is 5.91 Å². The van der Waals surface area contributed by atoms with Crippen LogP contribution >= 0.6 is 0 Å². The predicted octanol–water partition coefficient (Wildman–Crippen LogP) is 1.68. The lowest BCUT2D eigenvalue weighted by Gasteiger charge is -2.40. The molecule has 0 saturated carbocycles. The summed E-state index contributed by atoms with van der Waals surface area (Å²) in [5.41, 5.74) is 1.79. The molecule has 34 heavy (non-hydrogen) atoms. The van der Waals surface area contributed by atoms with Crippen molar-refractivity contribution in [2.75, 3.05) is 19.7 Å². The van der Waals surface area contributed by atoms with Gasteiger partial charge < -0.3 is 30.5 Å². The maximum Gasteiger partial charge on any atom is 0.318 e. The van der Waals surface area contributed by atoms with Crippen LogP contribution in [0.25, 0.3) is 0 Å². The fourth-order valence-corrected chi connectivity index (χ4v) is 4.54. The largest absolute Gasteiger partial charge is 0.486 e. The molecular formula is C25H28FN3O5. The van der Waals surface area contributed by atoms with Gasteiger partial charge in [-0.05, 0) is 36.8 Å². The highest BCUT2D eigenvalue weighted by Crippen LogP contribution is 2.47. The van der Waals surface area contributed by atoms with E-state index in [4.69, 9.17) is 9.84 Å². The van der Waals surface area contributed by atoms with Gasteiger partial charge in [0.15, 0.2) is 0 Å². The van der Waals surface area contributed by atoms with Gasteiger partial charge in [0.05, 0.1) is 18.6 Å². The lowest BCUT2D eigenvalue weighted by molar-refractivity contribution is -0.118. The zero-order valence-electron chi connectivity index (χ0n) is 18.8. The number of nitrogens with one attached hydrogen (secondary N) is 2. The molecule has 0 saturated heterocycles. The van der Waals surface area contributed by atoms with Gasteiger partial charge in [0.1, 0.15) is 23.8 Å². The molecule has 9 heteroatoms. The summed E-state index contributed by atoms with van der Waals surface area (Å²) in [6, 6.07) is 11.7. The fourth-order valence-electron chi connectivity index (χ4n) is 4.54. The van der Waals surface area contributed by atoms with E-state index in [0.717, 1.165) is 5.56 Å². The maximum atomic E-state index is 13.4. The summed E-state index contributed by atoms with van der Waals surface area (Å²) in [7, 11) is 0. The van der Waals surface area contributed by atoms with Crippen LogP contribution in [0.4, 0.5) is 9.18 Å². The molecule has 180 valence electrons. The third-order valence-corrected chi connectivity index (χ3v) is 6.09. The lowest BCUT2D eigenvalue weighted by atomic mass is 9.77. The number of aliphatic hydroxyl groups excluding tert-OH is 2. The minimum Gasteiger partial charge on any atom is -0.486 e. The smallest absolute Gasteiger partial charge is 0.318 e. The Hall–Kier alpha value is -3.43. The fraction of sp³-hybridized carbons (Fsp3) is 0.360. The number of halogens is 1. The number of benzene rings is 2. The molecule has 3 amide bonds. The van der Waals surface area contributed by atoms with E-state index in [1.165, 1.54) is 17.0 Å². The monoisotopic (exact) mass is 469 g/mol. The van der Waals surface area contributed by atoms with Crippen LogP contribution in [-0.4, -0.2) is 65.0 Å². The molecule has 2 aliphatic rings. The van der Waals surface area contributed by atoms with Crippen molar-refractivity contribution in [3.8, 4) is 5.75 Å². The number of carbonyl (C=O) groups excluding carboxylic acids is 2. The minimum atomic E-state index is -1.13. The van der Waals surface area contributed by atoms with Crippen molar-refractivity contribution >= 4 is 11.9 Å². The number of fused-ring (bicyclic) bond motifs is 3. The van der Waals surface area contributed by atoms with Crippen LogP contribution in [0.3, 0.4) is 0 Å². The van der Waals surface area contributed by atoms with Crippen molar-refractivity contribution in [1.82, 2.24) is 15.5 Å². The molecule has 1 aliphatic heterocycles. The molecule has 0 aromatic heterocycles. The number of aliphatic hydroxyl groups is 2. The first-order valence-electron chi connectivity index (χ1n) is 11.3. The molecule has 4 atom stereocenters. The predicted molar refractivity (Wildman–Crippen MR) is 123 cm³/mol. The Bertz CT molecular complexity index is 1070. The third-order valence-electron chi connectivity index (χ3n) is 6.09. The Morgan fingerprint density at radius 1 is 1.12 bits per heavy atom. The Kier molecular flexibility index (Phi) is 7.14. The average molecular weight is 470 g/mol. The van der Waals surface area contributed by atoms with Gasteiger partial charge in [0, 0.05) is 30.8 Å². The van der Waals surface area contributed by atoms with Crippen LogP contribution in [0, 0.1) is 5.82 Å². The van der Waals surface area contributed by atoms with Crippen LogP contribution in [-0.2, 0) is 11.3 Å². The van der Waals surface area contributed by atoms with Crippen molar-refractivity contribution in [3.63, 3.8) is 0 Å². The number of ether oxygens (including phenoxy) is 1. The number of amides is 3. The van der Waals surface area contributed by atoms with Gasteiger partial charge in [-0.15, -0.1) is 0 Å². The van der Waals surface area contributed by atoms with Gasteiger partial charge in [0.25, 0.3) is 0 Å². The van der Waals surface area contributed by atoms with E-state index in [1.807, 2.05) is 18.2 Å². The lowest BCUT2D eigenvalue weighted by Crippen LogP contribution is -2.57. The van der Waals surface area contributed by atoms with Gasteiger partial charge in [-0.3, -0.25) is 4.79 Å². The van der Waals surface area contributed by atoms with Gasteiger partial charge in [-0.25, -0.2) is 9.18 Å². The molecule has 1 aliphatic carbocycles. The zero-order chi connectivity index (χ0) is 24.2. The van der Waals surface area contributed by atoms with E-state index in [1.54, 1.807) is 31.2 Å². The second kappa shape index (κ2) is 10.2. The minimum absolute atomic E-state index is 0.0684. The first-order chi connectivity index (χ1) is 16.4. The molecule has 2 aromatic rings. The molecule has 4 rings (SSSR count). The first kappa shape index (κ1) is 23.7. The Balaban J connectivity index is 1.74. The highest BCUT2D eigenvalue weighted by Gasteiger charge is 2.50. The van der Waals surface area contributed by atoms with Gasteiger partial charge in [-0.1, -0.05) is 30.3 Å². The van der Waals surface area contributed by atoms with E-state index in [0.29, 0.717) is 23.4 Å². The van der Waals surface area contributed by atoms with Crippen molar-refractivity contribution in [2.24, 2.45) is 0 Å². The summed E-state index contributed by atoms with van der Waals surface area (Å²) < 4.78 is 19.5. The number of nitrogens with zero attached hydrogens (tertiary/aromatic N) is 1. The molecule has 0 spiro atoms. The number of carbonyl (C=O) groups is 2. The Morgan fingerprint density at radius 3 is 2.56 bits per heavy atom. The summed E-state index contributed by atoms with van der Waals surface area (Å²) in [4.78, 5) is 27.6. The summed E-state index contributed by atoms with van der Waals surface area (Å²) in [5.74, 6) is -0.753. The van der Waals surface area contributed by atoms with Crippen molar-refractivity contribution in [2.45, 2.75) is 37.6 Å². The molecule has 1 heterocycles. The summed E-state index contributed by atoms with van der Waals surface area (Å²) in [6.45, 7) is 2.08. The third kappa shape index (κ3) is 4.62. The SMILES string of the molecule is CCNC(=O)N(Cc1ccc(F)cc1)[C@@H]1C=C(C(=O)NCCO)[C@@H]2c3ccccc3O[C@@H]2[C@H]1O. The highest BCUT2D eigenvalue weighted by molar-refractivity contribution is 5.96. The van der Waals surface area contributed by atoms with E-state index in [-0.39, 0.29) is 19.7 Å². The molecule has 0 bridgehead atoms. The highest BCUT2D eigenvalue weighted by atomic mass is 19.1. The molecular weight excluding hydrogens is 441 g/mol. The van der Waals surface area contributed by atoms with Crippen LogP contribution in [0.2, 0.25) is 0 Å². The molecule has 4 N–H and O–H groups in total. The number of urea groups is 1. The van der Waals surface area contributed by atoms with Gasteiger partial charge in [-0.2, -0.15) is 0 Å². The standard InChI is InChI=1S/C25H28FN3O5/c1-2-27-25(33)29(14-15-7-9-16(26)10-8-15)19-13-18(24(32)28-11-12-30)21-17-5-3-4-6-20(17)34-23(21)22(19)31/h3-10,13,19,21-23,30-31H,2,11-12,14H2,1H3,(H,27,33)(H,28,32)/t19-,21+,22+,23+/m1/s1. The van der Waals surface area contributed by atoms with Crippen LogP contribution in [0.15, 0.2) is 60.2 Å². The molecule has 8 nitrogen and oxygen atoms in total. The number of hydrogen-bond donors (Lipinski definition) is 4. The molecule has 2 aromatic carbocycles. The average Bonchev–Trinajstić information content (AvgIpc) is 3.23. The number of hydrogen-bond acceptors (Lipinski definition) is 5. The second-order valence-electron chi connectivity index (χ2n) is 8.27. The quantitative estimate of drug-likeness (QED) is 0.493. The normalized spacial score (nSPS) is 22.6. The Labute approximate surface area is 197 Å². The topological polar surface area (TPSA) is 111 Å². The number of rotatable bonds is 7. The molecule has 0 fully saturated rings. The Morgan fingerprint density at radius 2 is 1.85 bits per heavy atom. The van der Waals surface area contributed by atoms with Crippen molar-refractivity contribution in [1.29, 1.82) is 0 Å². The van der Waals surface area contributed by atoms with E-state index >= 15 is 0 Å². The maximum absolute atomic E-state index is 13.4. The first-order valence-corrected chi connectivity index (χ1v) is 11.3. The van der Waals surface area contributed by atoms with Crippen LogP contribution < -0.4 is 15.4 Å². The molecule has 0 unspecified atom stereocenters. The van der Waals surface area contributed by atoms with Crippen molar-refractivity contribution in [3.05, 3.63) is 77.1 Å².